The van der Waals surface area contributed by atoms with Gasteiger partial charge in [-0.05, 0) is 46.9 Å². The van der Waals surface area contributed by atoms with Crippen molar-refractivity contribution < 1.29 is 17.9 Å². The minimum absolute atomic E-state index is 0.0188. The first-order valence-corrected chi connectivity index (χ1v) is 14.5. The van der Waals surface area contributed by atoms with Gasteiger partial charge in [0.05, 0.1) is 11.4 Å². The van der Waals surface area contributed by atoms with Crippen LogP contribution in [-0.2, 0) is 22.0 Å². The van der Waals surface area contributed by atoms with Gasteiger partial charge in [-0.1, -0.05) is 69.3 Å². The Hall–Kier alpha value is -3.20. The minimum atomic E-state index is -3.45. The topological polar surface area (TPSA) is 79.0 Å². The van der Waals surface area contributed by atoms with Crippen molar-refractivity contribution in [2.24, 2.45) is 0 Å². The van der Waals surface area contributed by atoms with Crippen LogP contribution in [0.4, 0.5) is 0 Å². The highest BCUT2D eigenvalue weighted by molar-refractivity contribution is 7.89. The van der Waals surface area contributed by atoms with Crippen LogP contribution < -0.4 is 10.1 Å². The first-order valence-electron chi connectivity index (χ1n) is 13.0. The Morgan fingerprint density at radius 1 is 0.868 bits per heavy atom. The molecule has 3 aromatic carbocycles. The Morgan fingerprint density at radius 3 is 2.16 bits per heavy atom. The number of sulfonamides is 1. The molecule has 1 aliphatic rings. The number of amides is 1. The number of nitrogens with one attached hydrogen (secondary N) is 1. The molecule has 1 aliphatic heterocycles. The van der Waals surface area contributed by atoms with E-state index in [1.54, 1.807) is 28.6 Å². The summed E-state index contributed by atoms with van der Waals surface area (Å²) in [6.07, 6.45) is 0. The molecule has 0 spiro atoms. The molecule has 1 N–H and O–H groups in total. The van der Waals surface area contributed by atoms with Crippen LogP contribution in [0.1, 0.15) is 42.3 Å². The molecule has 8 heteroatoms. The van der Waals surface area contributed by atoms with Gasteiger partial charge in [0.25, 0.3) is 5.91 Å². The summed E-state index contributed by atoms with van der Waals surface area (Å²) in [6, 6.07) is 24.1. The van der Waals surface area contributed by atoms with Crippen LogP contribution in [0.5, 0.6) is 5.75 Å². The third kappa shape index (κ3) is 7.01. The molecular weight excluding hydrogens is 498 g/mol. The normalized spacial score (nSPS) is 15.2. The maximum absolute atomic E-state index is 12.8. The zero-order valence-electron chi connectivity index (χ0n) is 22.4. The SMILES string of the molecule is CC(C)(C)c1ccccc1OCCNC(=O)c1ccc(CN2CCN(S(=O)(=O)c3ccccc3)CC2)cc1. The highest BCUT2D eigenvalue weighted by atomic mass is 32.2. The van der Waals surface area contributed by atoms with Crippen molar-refractivity contribution in [2.75, 3.05) is 39.3 Å². The maximum Gasteiger partial charge on any atom is 0.251 e. The molecule has 38 heavy (non-hydrogen) atoms. The largest absolute Gasteiger partial charge is 0.491 e. The Labute approximate surface area is 226 Å². The maximum atomic E-state index is 12.8. The predicted molar refractivity (Wildman–Crippen MR) is 150 cm³/mol. The lowest BCUT2D eigenvalue weighted by molar-refractivity contribution is 0.0946. The van der Waals surface area contributed by atoms with Crippen LogP contribution in [0.15, 0.2) is 83.8 Å². The van der Waals surface area contributed by atoms with Gasteiger partial charge >= 0.3 is 0 Å². The number of benzene rings is 3. The summed E-state index contributed by atoms with van der Waals surface area (Å²) in [5.41, 5.74) is 2.81. The van der Waals surface area contributed by atoms with Gasteiger partial charge in [-0.2, -0.15) is 4.31 Å². The highest BCUT2D eigenvalue weighted by Crippen LogP contribution is 2.30. The molecule has 1 saturated heterocycles. The van der Waals surface area contributed by atoms with Gasteiger partial charge in [0, 0.05) is 38.3 Å². The number of hydrogen-bond acceptors (Lipinski definition) is 5. The molecule has 3 aromatic rings. The Bertz CT molecular complexity index is 1310. The zero-order valence-corrected chi connectivity index (χ0v) is 23.2. The van der Waals surface area contributed by atoms with E-state index in [0.717, 1.165) is 16.9 Å². The van der Waals surface area contributed by atoms with Gasteiger partial charge in [0.1, 0.15) is 12.4 Å². The van der Waals surface area contributed by atoms with Gasteiger partial charge in [-0.25, -0.2) is 8.42 Å². The molecular formula is C30H37N3O4S. The quantitative estimate of drug-likeness (QED) is 0.414. The molecule has 0 unspecified atom stereocenters. The van der Waals surface area contributed by atoms with Crippen molar-refractivity contribution in [1.82, 2.24) is 14.5 Å². The second kappa shape index (κ2) is 12.1. The third-order valence-electron chi connectivity index (χ3n) is 6.67. The molecule has 0 radical (unpaired) electrons. The van der Waals surface area contributed by atoms with Gasteiger partial charge in [0.2, 0.25) is 10.0 Å². The Balaban J connectivity index is 1.22. The molecule has 7 nitrogen and oxygen atoms in total. The number of nitrogens with zero attached hydrogens (tertiary/aromatic N) is 2. The Morgan fingerprint density at radius 2 is 1.50 bits per heavy atom. The van der Waals surface area contributed by atoms with Gasteiger partial charge in [-0.15, -0.1) is 0 Å². The standard InChI is InChI=1S/C30H37N3O4S/c1-30(2,3)27-11-7-8-12-28(27)37-22-17-31-29(34)25-15-13-24(14-16-25)23-32-18-20-33(21-19-32)38(35,36)26-9-5-4-6-10-26/h4-16H,17-23H2,1-3H3,(H,31,34). The number of carbonyl (C=O) groups is 1. The first-order chi connectivity index (χ1) is 18.1. The zero-order chi connectivity index (χ0) is 27.2. The molecule has 0 aliphatic carbocycles. The van der Waals surface area contributed by atoms with Crippen molar-refractivity contribution in [3.8, 4) is 5.75 Å². The second-order valence-electron chi connectivity index (χ2n) is 10.5. The Kier molecular flexibility index (Phi) is 8.87. The number of ether oxygens (including phenoxy) is 1. The molecule has 1 heterocycles. The molecule has 0 aromatic heterocycles. The van der Waals surface area contributed by atoms with Gasteiger partial charge in [-0.3, -0.25) is 9.69 Å². The van der Waals surface area contributed by atoms with E-state index in [1.807, 2.05) is 48.5 Å². The summed E-state index contributed by atoms with van der Waals surface area (Å²) >= 11 is 0. The molecule has 1 amide bonds. The lowest BCUT2D eigenvalue weighted by atomic mass is 9.86. The lowest BCUT2D eigenvalue weighted by Gasteiger charge is -2.34. The molecule has 0 bridgehead atoms. The average molecular weight is 536 g/mol. The number of piperazine rings is 1. The van der Waals surface area contributed by atoms with Crippen LogP contribution in [0.25, 0.3) is 0 Å². The van der Waals surface area contributed by atoms with E-state index in [9.17, 15) is 13.2 Å². The van der Waals surface area contributed by atoms with E-state index in [0.29, 0.717) is 56.3 Å². The van der Waals surface area contributed by atoms with Crippen LogP contribution in [0, 0.1) is 0 Å². The number of para-hydroxylation sites is 1. The fourth-order valence-electron chi connectivity index (χ4n) is 4.53. The van der Waals surface area contributed by atoms with E-state index >= 15 is 0 Å². The van der Waals surface area contributed by atoms with Crippen LogP contribution >= 0.6 is 0 Å². The summed E-state index contributed by atoms with van der Waals surface area (Å²) in [5.74, 6) is 0.709. The minimum Gasteiger partial charge on any atom is -0.491 e. The third-order valence-corrected chi connectivity index (χ3v) is 8.59. The summed E-state index contributed by atoms with van der Waals surface area (Å²) in [5, 5.41) is 2.92. The van der Waals surface area contributed by atoms with Gasteiger partial charge in [0.15, 0.2) is 0 Å². The fourth-order valence-corrected chi connectivity index (χ4v) is 5.97. The van der Waals surface area contributed by atoms with E-state index in [-0.39, 0.29) is 11.3 Å². The average Bonchev–Trinajstić information content (AvgIpc) is 2.92. The fraction of sp³-hybridized carbons (Fsp3) is 0.367. The summed E-state index contributed by atoms with van der Waals surface area (Å²) in [6.45, 7) is 10.2. The number of carbonyl (C=O) groups excluding carboxylic acids is 1. The molecule has 4 rings (SSSR count). The second-order valence-corrected chi connectivity index (χ2v) is 12.5. The summed E-state index contributed by atoms with van der Waals surface area (Å²) in [4.78, 5) is 15.2. The number of rotatable bonds is 9. The van der Waals surface area contributed by atoms with Crippen LogP contribution in [0.3, 0.4) is 0 Å². The number of hydrogen-bond donors (Lipinski definition) is 1. The monoisotopic (exact) mass is 535 g/mol. The van der Waals surface area contributed by atoms with Crippen molar-refractivity contribution in [2.45, 2.75) is 37.6 Å². The van der Waals surface area contributed by atoms with Crippen LogP contribution in [-0.4, -0.2) is 62.9 Å². The summed E-state index contributed by atoms with van der Waals surface area (Å²) in [7, 11) is -3.45. The molecule has 0 atom stereocenters. The van der Waals surface area contributed by atoms with Gasteiger partial charge < -0.3 is 10.1 Å². The predicted octanol–water partition coefficient (Wildman–Crippen LogP) is 4.30. The highest BCUT2D eigenvalue weighted by Gasteiger charge is 2.28. The summed E-state index contributed by atoms with van der Waals surface area (Å²) < 4.78 is 33.2. The van der Waals surface area contributed by atoms with Crippen LogP contribution in [0.2, 0.25) is 0 Å². The lowest BCUT2D eigenvalue weighted by Crippen LogP contribution is -2.48. The molecule has 1 fully saturated rings. The van der Waals surface area contributed by atoms with Crippen molar-refractivity contribution >= 4 is 15.9 Å². The first kappa shape index (κ1) is 27.8. The smallest absolute Gasteiger partial charge is 0.251 e. The van der Waals surface area contributed by atoms with Crippen molar-refractivity contribution in [1.29, 1.82) is 0 Å². The van der Waals surface area contributed by atoms with E-state index in [2.05, 4.69) is 37.1 Å². The van der Waals surface area contributed by atoms with E-state index in [1.165, 1.54) is 0 Å². The van der Waals surface area contributed by atoms with E-state index in [4.69, 9.17) is 4.74 Å². The van der Waals surface area contributed by atoms with Crippen molar-refractivity contribution in [3.63, 3.8) is 0 Å². The molecule has 0 saturated carbocycles. The van der Waals surface area contributed by atoms with Crippen molar-refractivity contribution in [3.05, 3.63) is 95.6 Å². The van der Waals surface area contributed by atoms with E-state index < -0.39 is 10.0 Å². The molecule has 202 valence electrons.